The molecule has 2 aromatic carbocycles. The van der Waals surface area contributed by atoms with Gasteiger partial charge in [-0.05, 0) is 53.9 Å². The van der Waals surface area contributed by atoms with E-state index in [1.807, 2.05) is 36.0 Å². The molecule has 11 heteroatoms. The molecule has 2 aliphatic rings. The minimum absolute atomic E-state index is 0.0159. The molecule has 3 N–H and O–H groups in total. The Bertz CT molecular complexity index is 1690. The van der Waals surface area contributed by atoms with Crippen molar-refractivity contribution in [1.29, 1.82) is 0 Å². The van der Waals surface area contributed by atoms with Crippen molar-refractivity contribution in [3.8, 4) is 33.6 Å². The van der Waals surface area contributed by atoms with Crippen molar-refractivity contribution in [3.05, 3.63) is 72.6 Å². The minimum Gasteiger partial charge on any atom is -0.453 e. The fraction of sp³-hybridized carbons (Fsp3) is 0.400. The van der Waals surface area contributed by atoms with Gasteiger partial charge < -0.3 is 29.8 Å². The van der Waals surface area contributed by atoms with Gasteiger partial charge in [0.1, 0.15) is 17.7 Å². The average molecular weight is 624 g/mol. The third-order valence-electron chi connectivity index (χ3n) is 9.13. The number of methoxy groups -OCH3 is 1. The smallest absolute Gasteiger partial charge is 0.407 e. The summed E-state index contributed by atoms with van der Waals surface area (Å²) in [5.41, 5.74) is 6.04. The summed E-state index contributed by atoms with van der Waals surface area (Å²) in [7, 11) is 1.29. The third kappa shape index (κ3) is 6.27. The predicted octanol–water partition coefficient (Wildman–Crippen LogP) is 5.86. The van der Waals surface area contributed by atoms with Gasteiger partial charge in [0.15, 0.2) is 0 Å². The molecule has 4 aromatic rings. The van der Waals surface area contributed by atoms with Gasteiger partial charge in [0, 0.05) is 20.0 Å². The Balaban J connectivity index is 1.12. The number of aromatic nitrogens is 4. The quantitative estimate of drug-likeness (QED) is 0.225. The van der Waals surface area contributed by atoms with Crippen molar-refractivity contribution in [2.45, 2.75) is 64.6 Å². The third-order valence-corrected chi connectivity index (χ3v) is 9.13. The van der Waals surface area contributed by atoms with Gasteiger partial charge in [-0.1, -0.05) is 62.4 Å². The van der Waals surface area contributed by atoms with Crippen molar-refractivity contribution in [1.82, 2.24) is 35.1 Å². The first-order valence-electron chi connectivity index (χ1n) is 16.0. The van der Waals surface area contributed by atoms with Crippen LogP contribution in [0.1, 0.15) is 70.2 Å². The summed E-state index contributed by atoms with van der Waals surface area (Å²) in [5.74, 6) is 1.45. The summed E-state index contributed by atoms with van der Waals surface area (Å²) in [6, 6.07) is 15.8. The maximum absolute atomic E-state index is 13.5. The molecule has 3 amide bonds. The molecule has 2 aliphatic heterocycles. The fourth-order valence-corrected chi connectivity index (χ4v) is 6.61. The summed E-state index contributed by atoms with van der Waals surface area (Å²) in [6.07, 6.45) is 6.62. The monoisotopic (exact) mass is 623 g/mol. The van der Waals surface area contributed by atoms with Crippen LogP contribution in [0.25, 0.3) is 33.6 Å². The van der Waals surface area contributed by atoms with E-state index in [-0.39, 0.29) is 29.8 Å². The number of nitrogens with one attached hydrogen (secondary N) is 3. The molecule has 0 radical (unpaired) electrons. The lowest BCUT2D eigenvalue weighted by atomic mass is 10.0. The molecule has 0 saturated carbocycles. The molecule has 0 bridgehead atoms. The number of rotatable bonds is 8. The van der Waals surface area contributed by atoms with Crippen molar-refractivity contribution in [3.63, 3.8) is 0 Å². The van der Waals surface area contributed by atoms with E-state index in [1.54, 1.807) is 6.92 Å². The van der Waals surface area contributed by atoms with Crippen LogP contribution in [0.15, 0.2) is 60.9 Å². The molecule has 2 aromatic heterocycles. The number of alkyl carbamates (subject to hydrolysis) is 1. The summed E-state index contributed by atoms with van der Waals surface area (Å²) < 4.78 is 4.74. The van der Waals surface area contributed by atoms with E-state index in [0.29, 0.717) is 6.54 Å². The van der Waals surface area contributed by atoms with E-state index in [4.69, 9.17) is 4.74 Å². The molecule has 0 unspecified atom stereocenters. The van der Waals surface area contributed by atoms with Gasteiger partial charge >= 0.3 is 6.09 Å². The Morgan fingerprint density at radius 2 is 1.24 bits per heavy atom. The predicted molar refractivity (Wildman–Crippen MR) is 174 cm³/mol. The molecule has 0 aliphatic carbocycles. The molecule has 6 rings (SSSR count). The normalized spacial score (nSPS) is 18.6. The molecule has 2 fully saturated rings. The molecular formula is C35H41N7O4. The van der Waals surface area contributed by atoms with Gasteiger partial charge in [-0.25, -0.2) is 14.8 Å². The molecule has 11 nitrogen and oxygen atoms in total. The molecule has 2 saturated heterocycles. The molecular weight excluding hydrogens is 582 g/mol. The summed E-state index contributed by atoms with van der Waals surface area (Å²) in [5, 5.41) is 2.69. The highest BCUT2D eigenvalue weighted by Crippen LogP contribution is 2.34. The number of likely N-dealkylation sites (tertiary alicyclic amines) is 2. The number of nitrogens with zero attached hydrogens (tertiary/aromatic N) is 4. The van der Waals surface area contributed by atoms with E-state index in [0.717, 1.165) is 77.5 Å². The molecule has 240 valence electrons. The lowest BCUT2D eigenvalue weighted by Gasteiger charge is -2.30. The van der Waals surface area contributed by atoms with Gasteiger partial charge in [0.2, 0.25) is 11.8 Å². The van der Waals surface area contributed by atoms with Crippen LogP contribution in [-0.2, 0) is 14.3 Å². The van der Waals surface area contributed by atoms with Crippen LogP contribution in [-0.4, -0.2) is 73.9 Å². The zero-order valence-corrected chi connectivity index (χ0v) is 26.7. The summed E-state index contributed by atoms with van der Waals surface area (Å²) in [6.45, 7) is 6.82. The van der Waals surface area contributed by atoms with E-state index < -0.39 is 12.1 Å². The van der Waals surface area contributed by atoms with Crippen LogP contribution in [0.4, 0.5) is 4.79 Å². The maximum atomic E-state index is 13.5. The SMILES string of the molecule is COC(=O)N[C@H](C(=O)N1CCC[C@H]1c1ncc(-c2ccc(-c3ccc(-c4cnc([C@@H]5CCCN5C(C)=O)[nH]4)cc3)cc2)[nH]1)C(C)C. The zero-order valence-electron chi connectivity index (χ0n) is 26.7. The number of aromatic amines is 2. The number of amides is 3. The lowest BCUT2D eigenvalue weighted by Crippen LogP contribution is -2.51. The fourth-order valence-electron chi connectivity index (χ4n) is 6.61. The van der Waals surface area contributed by atoms with E-state index in [9.17, 15) is 14.4 Å². The van der Waals surface area contributed by atoms with Gasteiger partial charge in [-0.3, -0.25) is 9.59 Å². The van der Waals surface area contributed by atoms with Crippen LogP contribution in [0, 0.1) is 5.92 Å². The number of H-pyrrole nitrogens is 2. The number of imidazole rings is 2. The van der Waals surface area contributed by atoms with Crippen molar-refractivity contribution in [2.75, 3.05) is 20.2 Å². The van der Waals surface area contributed by atoms with E-state index in [2.05, 4.69) is 73.8 Å². The second-order valence-electron chi connectivity index (χ2n) is 12.4. The van der Waals surface area contributed by atoms with E-state index in [1.165, 1.54) is 7.11 Å². The minimum atomic E-state index is -0.670. The van der Waals surface area contributed by atoms with Gasteiger partial charge in [0.25, 0.3) is 0 Å². The first-order chi connectivity index (χ1) is 22.2. The van der Waals surface area contributed by atoms with Crippen molar-refractivity contribution < 1.29 is 19.1 Å². The number of carbonyl (C=O) groups is 3. The van der Waals surface area contributed by atoms with Crippen LogP contribution in [0.3, 0.4) is 0 Å². The first kappa shape index (κ1) is 31.1. The molecule has 3 atom stereocenters. The number of hydrogen-bond acceptors (Lipinski definition) is 6. The molecule has 4 heterocycles. The van der Waals surface area contributed by atoms with Crippen LogP contribution < -0.4 is 5.32 Å². The molecule has 46 heavy (non-hydrogen) atoms. The first-order valence-corrected chi connectivity index (χ1v) is 16.0. The summed E-state index contributed by atoms with van der Waals surface area (Å²) >= 11 is 0. The zero-order chi connectivity index (χ0) is 32.4. The molecule has 0 spiro atoms. The number of benzene rings is 2. The Morgan fingerprint density at radius 3 is 1.70 bits per heavy atom. The number of ether oxygens (including phenoxy) is 1. The number of carbonyl (C=O) groups excluding carboxylic acids is 3. The van der Waals surface area contributed by atoms with Gasteiger partial charge in [0.05, 0.1) is 43.0 Å². The van der Waals surface area contributed by atoms with Gasteiger partial charge in [-0.2, -0.15) is 0 Å². The summed E-state index contributed by atoms with van der Waals surface area (Å²) in [4.78, 5) is 57.2. The Labute approximate surface area is 268 Å². The highest BCUT2D eigenvalue weighted by Gasteiger charge is 2.37. The van der Waals surface area contributed by atoms with E-state index >= 15 is 0 Å². The average Bonchev–Trinajstić information content (AvgIpc) is 3.89. The topological polar surface area (TPSA) is 136 Å². The largest absolute Gasteiger partial charge is 0.453 e. The standard InChI is InChI=1S/C35H41N7O4/c1-21(2)31(40-35(45)46-4)34(44)42-18-6-8-30(42)33-37-20-28(39-33)26-15-11-24(12-16-26)23-9-13-25(14-10-23)27-19-36-32(38-27)29-7-5-17-41(29)22(3)43/h9-16,19-21,29-31H,5-8,17-18H2,1-4H3,(H,36,38)(H,37,39)(H,40,45)/t29-,30-,31-/m0/s1. The Hall–Kier alpha value is -4.93. The highest BCUT2D eigenvalue weighted by atomic mass is 16.5. The number of hydrogen-bond donors (Lipinski definition) is 3. The Kier molecular flexibility index (Phi) is 8.92. The van der Waals surface area contributed by atoms with Crippen molar-refractivity contribution in [2.24, 2.45) is 5.92 Å². The second-order valence-corrected chi connectivity index (χ2v) is 12.4. The van der Waals surface area contributed by atoms with Crippen LogP contribution in [0.5, 0.6) is 0 Å². The van der Waals surface area contributed by atoms with Crippen LogP contribution in [0.2, 0.25) is 0 Å². The van der Waals surface area contributed by atoms with Crippen molar-refractivity contribution >= 4 is 17.9 Å². The van der Waals surface area contributed by atoms with Crippen LogP contribution >= 0.6 is 0 Å². The van der Waals surface area contributed by atoms with Gasteiger partial charge in [-0.15, -0.1) is 0 Å². The Morgan fingerprint density at radius 1 is 0.783 bits per heavy atom. The lowest BCUT2D eigenvalue weighted by molar-refractivity contribution is -0.135. The second kappa shape index (κ2) is 13.2. The maximum Gasteiger partial charge on any atom is 0.407 e. The highest BCUT2D eigenvalue weighted by molar-refractivity contribution is 5.86.